The molecule has 0 aliphatic rings. The molecule has 0 atom stereocenters. The molecule has 2 N–H and O–H groups in total. The van der Waals surface area contributed by atoms with Gasteiger partial charge in [0.15, 0.2) is 0 Å². The van der Waals surface area contributed by atoms with E-state index in [9.17, 15) is 14.7 Å². The minimum absolute atomic E-state index is 0.0865. The quantitative estimate of drug-likeness (QED) is 0.317. The number of amides is 1. The molecule has 0 heterocycles. The van der Waals surface area contributed by atoms with E-state index in [0.29, 0.717) is 13.0 Å². The highest BCUT2D eigenvalue weighted by Gasteiger charge is 2.16. The number of aliphatic imine (C=N–C) groups is 1. The molecule has 0 saturated carbocycles. The number of hydrogen-bond donors (Lipinski definition) is 2. The molecule has 1 amide bonds. The van der Waals surface area contributed by atoms with Crippen LogP contribution in [0.2, 0.25) is 10.0 Å². The van der Waals surface area contributed by atoms with Gasteiger partial charge in [-0.15, -0.1) is 0 Å². The summed E-state index contributed by atoms with van der Waals surface area (Å²) in [4.78, 5) is 28.0. The van der Waals surface area contributed by atoms with Gasteiger partial charge in [-0.05, 0) is 32.4 Å². The predicted molar refractivity (Wildman–Crippen MR) is 99.2 cm³/mol. The first-order valence-electron chi connectivity index (χ1n) is 7.70. The number of nitrogens with zero attached hydrogens (tertiary/aromatic N) is 1. The van der Waals surface area contributed by atoms with E-state index >= 15 is 0 Å². The average Bonchev–Trinajstić information content (AvgIpc) is 2.55. The fourth-order valence-electron chi connectivity index (χ4n) is 1.79. The number of ether oxygens (including phenoxy) is 1. The summed E-state index contributed by atoms with van der Waals surface area (Å²) >= 11 is 12.2. The highest BCUT2D eigenvalue weighted by atomic mass is 35.5. The Hall–Kier alpha value is -2.05. The number of benzene rings is 1. The van der Waals surface area contributed by atoms with Crippen molar-refractivity contribution < 1.29 is 19.4 Å². The molecule has 0 radical (unpaired) electrons. The number of aliphatic hydroxyl groups excluding tert-OH is 1. The summed E-state index contributed by atoms with van der Waals surface area (Å²) in [5, 5.41) is 12.6. The molecule has 0 bridgehead atoms. The SMILES string of the molecule is CCCOC(=O)C(C=Nc1cc(Cl)cc(C(=O)NCC)c1Cl)=C(C)O. The Labute approximate surface area is 156 Å². The van der Waals surface area contributed by atoms with Crippen LogP contribution in [0.25, 0.3) is 0 Å². The van der Waals surface area contributed by atoms with E-state index in [-0.39, 0.29) is 45.1 Å². The topological polar surface area (TPSA) is 88.0 Å². The summed E-state index contributed by atoms with van der Waals surface area (Å²) in [5.41, 5.74) is 0.254. The normalized spacial score (nSPS) is 12.0. The Bertz CT molecular complexity index is 711. The molecule has 0 fully saturated rings. The molecule has 8 heteroatoms. The average molecular weight is 387 g/mol. The molecule has 1 aromatic carbocycles. The van der Waals surface area contributed by atoms with Crippen LogP contribution in [0.1, 0.15) is 37.6 Å². The van der Waals surface area contributed by atoms with Crippen molar-refractivity contribution in [2.24, 2.45) is 4.99 Å². The molecule has 0 spiro atoms. The Morgan fingerprint density at radius 3 is 2.56 bits per heavy atom. The van der Waals surface area contributed by atoms with E-state index in [2.05, 4.69) is 10.3 Å². The molecular formula is C17H20Cl2N2O4. The summed E-state index contributed by atoms with van der Waals surface area (Å²) in [7, 11) is 0. The van der Waals surface area contributed by atoms with E-state index < -0.39 is 5.97 Å². The van der Waals surface area contributed by atoms with Crippen LogP contribution >= 0.6 is 23.2 Å². The maximum atomic E-state index is 12.0. The van der Waals surface area contributed by atoms with Gasteiger partial charge in [-0.3, -0.25) is 9.79 Å². The highest BCUT2D eigenvalue weighted by Crippen LogP contribution is 2.32. The lowest BCUT2D eigenvalue weighted by Crippen LogP contribution is -2.23. The molecule has 0 unspecified atom stereocenters. The molecule has 1 rings (SSSR count). The third-order valence-electron chi connectivity index (χ3n) is 2.98. The van der Waals surface area contributed by atoms with Crippen LogP contribution in [0.3, 0.4) is 0 Å². The Kier molecular flexibility index (Phi) is 8.45. The van der Waals surface area contributed by atoms with Gasteiger partial charge in [0.25, 0.3) is 5.91 Å². The van der Waals surface area contributed by atoms with Crippen molar-refractivity contribution in [1.29, 1.82) is 0 Å². The van der Waals surface area contributed by atoms with E-state index in [1.165, 1.54) is 19.1 Å². The van der Waals surface area contributed by atoms with Gasteiger partial charge in [0, 0.05) is 17.8 Å². The fourth-order valence-corrected chi connectivity index (χ4v) is 2.25. The minimum Gasteiger partial charge on any atom is -0.512 e. The number of esters is 1. The first kappa shape index (κ1) is 21.0. The first-order chi connectivity index (χ1) is 11.8. The number of aliphatic hydroxyl groups is 1. The Morgan fingerprint density at radius 1 is 1.32 bits per heavy atom. The molecule has 0 aliphatic carbocycles. The van der Waals surface area contributed by atoms with Crippen LogP contribution in [0.4, 0.5) is 5.69 Å². The van der Waals surface area contributed by atoms with E-state index in [4.69, 9.17) is 27.9 Å². The lowest BCUT2D eigenvalue weighted by atomic mass is 10.2. The Balaban J connectivity index is 3.20. The van der Waals surface area contributed by atoms with Crippen molar-refractivity contribution in [3.8, 4) is 0 Å². The van der Waals surface area contributed by atoms with Crippen molar-refractivity contribution in [3.05, 3.63) is 39.1 Å². The summed E-state index contributed by atoms with van der Waals surface area (Å²) in [6.07, 6.45) is 1.78. The molecular weight excluding hydrogens is 367 g/mol. The van der Waals surface area contributed by atoms with Gasteiger partial charge in [-0.25, -0.2) is 4.79 Å². The van der Waals surface area contributed by atoms with Crippen molar-refractivity contribution in [2.75, 3.05) is 13.2 Å². The molecule has 1 aromatic rings. The molecule has 6 nitrogen and oxygen atoms in total. The van der Waals surface area contributed by atoms with Gasteiger partial charge in [0.1, 0.15) is 11.3 Å². The summed E-state index contributed by atoms with van der Waals surface area (Å²) in [6.45, 7) is 5.63. The van der Waals surface area contributed by atoms with E-state index in [0.717, 1.165) is 6.21 Å². The minimum atomic E-state index is -0.701. The Morgan fingerprint density at radius 2 is 2.00 bits per heavy atom. The fraction of sp³-hybridized carbons (Fsp3) is 0.353. The second kappa shape index (κ2) is 10.1. The van der Waals surface area contributed by atoms with Gasteiger partial charge in [-0.1, -0.05) is 30.1 Å². The maximum Gasteiger partial charge on any atom is 0.343 e. The van der Waals surface area contributed by atoms with Crippen LogP contribution in [0.15, 0.2) is 28.5 Å². The maximum absolute atomic E-state index is 12.0. The van der Waals surface area contributed by atoms with Crippen molar-refractivity contribution in [3.63, 3.8) is 0 Å². The first-order valence-corrected chi connectivity index (χ1v) is 8.45. The van der Waals surface area contributed by atoms with Crippen molar-refractivity contribution >= 4 is 47.0 Å². The number of rotatable bonds is 7. The van der Waals surface area contributed by atoms with Gasteiger partial charge < -0.3 is 15.2 Å². The zero-order chi connectivity index (χ0) is 19.0. The molecule has 0 saturated heterocycles. The molecule has 0 aromatic heterocycles. The zero-order valence-electron chi connectivity index (χ0n) is 14.2. The second-order valence-corrected chi connectivity index (χ2v) is 5.85. The number of carbonyl (C=O) groups excluding carboxylic acids is 2. The van der Waals surface area contributed by atoms with Gasteiger partial charge in [0.05, 0.1) is 22.9 Å². The lowest BCUT2D eigenvalue weighted by molar-refractivity contribution is -0.138. The van der Waals surface area contributed by atoms with Gasteiger partial charge in [0.2, 0.25) is 0 Å². The van der Waals surface area contributed by atoms with Crippen LogP contribution in [0.5, 0.6) is 0 Å². The van der Waals surface area contributed by atoms with Gasteiger partial charge in [-0.2, -0.15) is 0 Å². The largest absolute Gasteiger partial charge is 0.512 e. The van der Waals surface area contributed by atoms with Crippen LogP contribution in [0, 0.1) is 0 Å². The molecule has 0 aliphatic heterocycles. The van der Waals surface area contributed by atoms with E-state index in [1.54, 1.807) is 6.92 Å². The monoisotopic (exact) mass is 386 g/mol. The summed E-state index contributed by atoms with van der Waals surface area (Å²) in [5.74, 6) is -1.33. The summed E-state index contributed by atoms with van der Waals surface area (Å²) < 4.78 is 4.98. The number of halogens is 2. The zero-order valence-corrected chi connectivity index (χ0v) is 15.7. The third kappa shape index (κ3) is 6.07. The number of allylic oxidation sites excluding steroid dienone is 1. The van der Waals surface area contributed by atoms with Crippen LogP contribution in [-0.2, 0) is 9.53 Å². The molecule has 136 valence electrons. The summed E-state index contributed by atoms with van der Waals surface area (Å²) in [6, 6.07) is 2.88. The predicted octanol–water partition coefficient (Wildman–Crippen LogP) is 4.23. The smallest absolute Gasteiger partial charge is 0.343 e. The van der Waals surface area contributed by atoms with Crippen molar-refractivity contribution in [2.45, 2.75) is 27.2 Å². The third-order valence-corrected chi connectivity index (χ3v) is 3.60. The highest BCUT2D eigenvalue weighted by molar-refractivity contribution is 6.38. The number of carbonyl (C=O) groups is 2. The standard InChI is InChI=1S/C17H20Cl2N2O4/c1-4-6-25-17(24)13(10(3)22)9-21-14-8-11(18)7-12(15(14)19)16(23)20-5-2/h7-9,22H,4-6H2,1-3H3,(H,20,23). The van der Waals surface area contributed by atoms with E-state index in [1.807, 2.05) is 6.92 Å². The van der Waals surface area contributed by atoms with Crippen LogP contribution in [-0.4, -0.2) is 36.3 Å². The van der Waals surface area contributed by atoms with Crippen LogP contribution < -0.4 is 5.32 Å². The number of nitrogens with one attached hydrogen (secondary N) is 1. The van der Waals surface area contributed by atoms with Gasteiger partial charge >= 0.3 is 5.97 Å². The lowest BCUT2D eigenvalue weighted by Gasteiger charge is -2.08. The molecule has 25 heavy (non-hydrogen) atoms. The van der Waals surface area contributed by atoms with Crippen molar-refractivity contribution in [1.82, 2.24) is 5.32 Å². The number of hydrogen-bond acceptors (Lipinski definition) is 5. The second-order valence-electron chi connectivity index (χ2n) is 5.04.